The number of hydrogen-bond acceptors (Lipinski definition) is 1. The molecule has 1 nitrogen and oxygen atoms in total. The van der Waals surface area contributed by atoms with E-state index in [1.54, 1.807) is 0 Å². The molecule has 2 atom stereocenters. The van der Waals surface area contributed by atoms with Crippen LogP contribution in [0.25, 0.3) is 0 Å². The summed E-state index contributed by atoms with van der Waals surface area (Å²) in [4.78, 5) is 11.0. The van der Waals surface area contributed by atoms with Gasteiger partial charge in [-0.3, -0.25) is 4.79 Å². The lowest BCUT2D eigenvalue weighted by molar-refractivity contribution is -0.125. The predicted octanol–water partition coefficient (Wildman–Crippen LogP) is 2.01. The minimum absolute atomic E-state index is 0.332. The van der Waals surface area contributed by atoms with Crippen molar-refractivity contribution in [2.45, 2.75) is 33.1 Å². The number of ketones is 1. The zero-order valence-corrected chi connectivity index (χ0v) is 6.18. The first-order valence-electron chi connectivity index (χ1n) is 3.74. The molecule has 1 rings (SSSR count). The van der Waals surface area contributed by atoms with E-state index in [1.165, 1.54) is 6.42 Å². The summed E-state index contributed by atoms with van der Waals surface area (Å²) in [6.45, 7) is 4.22. The van der Waals surface area contributed by atoms with Crippen LogP contribution in [0.4, 0.5) is 0 Å². The summed E-state index contributed by atoms with van der Waals surface area (Å²) in [5.74, 6) is 1.43. The van der Waals surface area contributed by atoms with E-state index in [0.717, 1.165) is 12.8 Å². The third-order valence-electron chi connectivity index (χ3n) is 2.44. The van der Waals surface area contributed by atoms with Gasteiger partial charge in [-0.05, 0) is 18.8 Å². The molecule has 0 unspecified atom stereocenters. The van der Waals surface area contributed by atoms with Crippen LogP contribution in [0.1, 0.15) is 33.1 Å². The fourth-order valence-corrected chi connectivity index (χ4v) is 1.39. The first-order chi connectivity index (χ1) is 4.22. The number of rotatable bonds is 0. The fourth-order valence-electron chi connectivity index (χ4n) is 1.39. The van der Waals surface area contributed by atoms with E-state index in [4.69, 9.17) is 0 Å². The summed E-state index contributed by atoms with van der Waals surface area (Å²) in [5, 5.41) is 0. The molecule has 0 aromatic heterocycles. The summed E-state index contributed by atoms with van der Waals surface area (Å²) >= 11 is 0. The zero-order valence-electron chi connectivity index (χ0n) is 6.18. The van der Waals surface area contributed by atoms with Crippen molar-refractivity contribution >= 4 is 5.78 Å². The molecule has 0 amide bonds. The van der Waals surface area contributed by atoms with Crippen LogP contribution in [0.15, 0.2) is 0 Å². The Morgan fingerprint density at radius 1 is 1.44 bits per heavy atom. The lowest BCUT2D eigenvalue weighted by atomic mass is 9.81. The predicted molar refractivity (Wildman–Crippen MR) is 37.2 cm³/mol. The van der Waals surface area contributed by atoms with Gasteiger partial charge in [-0.2, -0.15) is 0 Å². The smallest absolute Gasteiger partial charge is 0.135 e. The van der Waals surface area contributed by atoms with E-state index in [1.807, 2.05) is 6.92 Å². The fraction of sp³-hybridized carbons (Fsp3) is 0.875. The number of carbonyl (C=O) groups is 1. The molecule has 9 heavy (non-hydrogen) atoms. The second kappa shape index (κ2) is 2.51. The van der Waals surface area contributed by atoms with Crippen LogP contribution in [-0.2, 0) is 4.79 Å². The van der Waals surface area contributed by atoms with Gasteiger partial charge < -0.3 is 0 Å². The molecule has 0 saturated heterocycles. The Kier molecular flexibility index (Phi) is 1.89. The second-order valence-corrected chi connectivity index (χ2v) is 3.12. The van der Waals surface area contributed by atoms with Gasteiger partial charge in [0.05, 0.1) is 0 Å². The minimum Gasteiger partial charge on any atom is -0.299 e. The average molecular weight is 126 g/mol. The van der Waals surface area contributed by atoms with Gasteiger partial charge in [0.15, 0.2) is 0 Å². The molecule has 1 fully saturated rings. The maximum absolute atomic E-state index is 11.0. The van der Waals surface area contributed by atoms with Crippen molar-refractivity contribution in [1.82, 2.24) is 0 Å². The van der Waals surface area contributed by atoms with Crippen LogP contribution in [0.5, 0.6) is 0 Å². The molecule has 0 aliphatic heterocycles. The Labute approximate surface area is 56.4 Å². The van der Waals surface area contributed by atoms with E-state index in [2.05, 4.69) is 6.92 Å². The molecule has 52 valence electrons. The topological polar surface area (TPSA) is 17.1 Å². The molecule has 0 bridgehead atoms. The third kappa shape index (κ3) is 1.32. The summed E-state index contributed by atoms with van der Waals surface area (Å²) in [7, 11) is 0. The quantitative estimate of drug-likeness (QED) is 0.485. The molecule has 0 N–H and O–H groups in total. The van der Waals surface area contributed by atoms with Crippen molar-refractivity contribution in [1.29, 1.82) is 0 Å². The van der Waals surface area contributed by atoms with Crippen molar-refractivity contribution in [2.75, 3.05) is 0 Å². The van der Waals surface area contributed by atoms with Crippen molar-refractivity contribution < 1.29 is 4.79 Å². The van der Waals surface area contributed by atoms with Gasteiger partial charge in [0, 0.05) is 12.3 Å². The van der Waals surface area contributed by atoms with Crippen LogP contribution < -0.4 is 0 Å². The van der Waals surface area contributed by atoms with Crippen molar-refractivity contribution in [3.05, 3.63) is 0 Å². The first-order valence-corrected chi connectivity index (χ1v) is 3.74. The summed E-state index contributed by atoms with van der Waals surface area (Å²) in [6.07, 6.45) is 3.18. The van der Waals surface area contributed by atoms with Crippen molar-refractivity contribution in [2.24, 2.45) is 11.8 Å². The van der Waals surface area contributed by atoms with E-state index in [0.29, 0.717) is 17.6 Å². The monoisotopic (exact) mass is 126 g/mol. The van der Waals surface area contributed by atoms with Gasteiger partial charge in [-0.25, -0.2) is 0 Å². The van der Waals surface area contributed by atoms with E-state index >= 15 is 0 Å². The number of carbonyl (C=O) groups excluding carboxylic acids is 1. The van der Waals surface area contributed by atoms with Gasteiger partial charge >= 0.3 is 0 Å². The van der Waals surface area contributed by atoms with E-state index < -0.39 is 0 Å². The molecule has 0 aromatic carbocycles. The summed E-state index contributed by atoms with van der Waals surface area (Å²) < 4.78 is 0. The molecule has 0 aromatic rings. The highest BCUT2D eigenvalue weighted by Crippen LogP contribution is 2.25. The average Bonchev–Trinajstić information content (AvgIpc) is 1.83. The molecular formula is C8H14O. The highest BCUT2D eigenvalue weighted by atomic mass is 16.1. The van der Waals surface area contributed by atoms with E-state index in [9.17, 15) is 4.79 Å². The van der Waals surface area contributed by atoms with Gasteiger partial charge in [0.25, 0.3) is 0 Å². The summed E-state index contributed by atoms with van der Waals surface area (Å²) in [5.41, 5.74) is 0. The van der Waals surface area contributed by atoms with Crippen molar-refractivity contribution in [3.8, 4) is 0 Å². The van der Waals surface area contributed by atoms with Crippen LogP contribution in [0.3, 0.4) is 0 Å². The molecule has 0 heterocycles. The Balaban J connectivity index is 2.51. The first kappa shape index (κ1) is 6.79. The van der Waals surface area contributed by atoms with Crippen LogP contribution >= 0.6 is 0 Å². The Bertz CT molecular complexity index is 118. The van der Waals surface area contributed by atoms with Gasteiger partial charge in [0.2, 0.25) is 0 Å². The third-order valence-corrected chi connectivity index (χ3v) is 2.44. The lowest BCUT2D eigenvalue weighted by Crippen LogP contribution is -2.23. The largest absolute Gasteiger partial charge is 0.299 e. The highest BCUT2D eigenvalue weighted by molar-refractivity contribution is 5.81. The zero-order chi connectivity index (χ0) is 6.85. The molecule has 0 radical (unpaired) electrons. The van der Waals surface area contributed by atoms with E-state index in [-0.39, 0.29) is 0 Å². The molecule has 1 aliphatic rings. The molecule has 1 aliphatic carbocycles. The Morgan fingerprint density at radius 3 is 2.56 bits per heavy atom. The maximum Gasteiger partial charge on any atom is 0.135 e. The maximum atomic E-state index is 11.0. The highest BCUT2D eigenvalue weighted by Gasteiger charge is 2.23. The van der Waals surface area contributed by atoms with Crippen LogP contribution in [0, 0.1) is 11.8 Å². The lowest BCUT2D eigenvalue weighted by Gasteiger charge is -2.23. The summed E-state index contributed by atoms with van der Waals surface area (Å²) in [6, 6.07) is 0. The second-order valence-electron chi connectivity index (χ2n) is 3.12. The normalized spacial score (nSPS) is 36.9. The van der Waals surface area contributed by atoms with Gasteiger partial charge in [0.1, 0.15) is 5.78 Å². The number of Topliss-reactive ketones (excluding diaryl/α,β-unsaturated/α-hetero) is 1. The SMILES string of the molecule is C[C@@H]1CCCC(=O)[C@H]1C. The van der Waals surface area contributed by atoms with Gasteiger partial charge in [-0.1, -0.05) is 13.8 Å². The molecular weight excluding hydrogens is 112 g/mol. The van der Waals surface area contributed by atoms with Crippen molar-refractivity contribution in [3.63, 3.8) is 0 Å². The standard InChI is InChI=1S/C8H14O/c1-6-4-3-5-8(9)7(6)2/h6-7H,3-5H2,1-2H3/t6-,7+/m1/s1. The Hall–Kier alpha value is -0.330. The van der Waals surface area contributed by atoms with Gasteiger partial charge in [-0.15, -0.1) is 0 Å². The molecule has 0 spiro atoms. The molecule has 1 saturated carbocycles. The minimum atomic E-state index is 0.332. The number of hydrogen-bond donors (Lipinski definition) is 0. The van der Waals surface area contributed by atoms with Crippen LogP contribution in [0.2, 0.25) is 0 Å². The van der Waals surface area contributed by atoms with Crippen LogP contribution in [-0.4, -0.2) is 5.78 Å². The molecule has 1 heteroatoms. The Morgan fingerprint density at radius 2 is 2.11 bits per heavy atom.